The minimum atomic E-state index is -0.907. The molecule has 0 bridgehead atoms. The number of anilines is 1. The zero-order valence-electron chi connectivity index (χ0n) is 19.6. The Morgan fingerprint density at radius 2 is 1.80 bits per heavy atom. The van der Waals surface area contributed by atoms with Crippen LogP contribution in [-0.4, -0.2) is 37.4 Å². The molecule has 8 heteroatoms. The minimum Gasteiger partial charge on any atom is -0.497 e. The molecule has 35 heavy (non-hydrogen) atoms. The number of methoxy groups -OCH3 is 1. The first-order valence-electron chi connectivity index (χ1n) is 11.7. The minimum absolute atomic E-state index is 0.0921. The second-order valence-electron chi connectivity index (χ2n) is 8.43. The first-order valence-corrected chi connectivity index (χ1v) is 12.6. The van der Waals surface area contributed by atoms with Crippen molar-refractivity contribution in [1.82, 2.24) is 10.6 Å². The number of carbonyl (C=O) groups is 3. The second kappa shape index (κ2) is 11.7. The normalized spacial score (nSPS) is 14.2. The fraction of sp³-hybridized carbons (Fsp3) is 0.296. The fourth-order valence-corrected chi connectivity index (χ4v) is 4.98. The van der Waals surface area contributed by atoms with E-state index in [4.69, 9.17) is 4.74 Å². The number of hydrogen-bond donors (Lipinski definition) is 2. The van der Waals surface area contributed by atoms with Crippen LogP contribution in [0.3, 0.4) is 0 Å². The number of rotatable bonds is 9. The van der Waals surface area contributed by atoms with E-state index in [9.17, 15) is 14.4 Å². The summed E-state index contributed by atoms with van der Waals surface area (Å²) < 4.78 is 5.38. The van der Waals surface area contributed by atoms with Crippen molar-refractivity contribution in [2.24, 2.45) is 0 Å². The van der Waals surface area contributed by atoms with Gasteiger partial charge in [0.25, 0.3) is 5.91 Å². The average Bonchev–Trinajstić information content (AvgIpc) is 3.61. The third-order valence-electron chi connectivity index (χ3n) is 6.07. The van der Waals surface area contributed by atoms with Crippen molar-refractivity contribution >= 4 is 34.7 Å². The molecule has 0 spiro atoms. The van der Waals surface area contributed by atoms with Gasteiger partial charge in [-0.2, -0.15) is 0 Å². The van der Waals surface area contributed by atoms with Crippen LogP contribution in [0.1, 0.15) is 47.0 Å². The highest BCUT2D eigenvalue weighted by atomic mass is 32.1. The Morgan fingerprint density at radius 1 is 1.03 bits per heavy atom. The number of nitrogens with zero attached hydrogens (tertiary/aromatic N) is 1. The van der Waals surface area contributed by atoms with Crippen LogP contribution in [0.5, 0.6) is 5.75 Å². The largest absolute Gasteiger partial charge is 0.497 e. The number of thiophene rings is 1. The van der Waals surface area contributed by atoms with Crippen LogP contribution in [0.2, 0.25) is 0 Å². The van der Waals surface area contributed by atoms with E-state index in [1.165, 1.54) is 16.2 Å². The summed E-state index contributed by atoms with van der Waals surface area (Å²) in [7, 11) is 1.55. The molecule has 3 aromatic rings. The molecule has 0 saturated heterocycles. The van der Waals surface area contributed by atoms with Gasteiger partial charge in [0.05, 0.1) is 18.5 Å². The third kappa shape index (κ3) is 6.08. The maximum absolute atomic E-state index is 13.7. The molecule has 1 saturated carbocycles. The van der Waals surface area contributed by atoms with Gasteiger partial charge in [-0.05, 0) is 42.0 Å². The Morgan fingerprint density at radius 3 is 2.49 bits per heavy atom. The number of benzene rings is 2. The Labute approximate surface area is 209 Å². The molecule has 0 aliphatic heterocycles. The zero-order chi connectivity index (χ0) is 24.6. The Bertz CT molecular complexity index is 1140. The van der Waals surface area contributed by atoms with Crippen molar-refractivity contribution in [3.05, 3.63) is 82.6 Å². The van der Waals surface area contributed by atoms with Gasteiger partial charge < -0.3 is 15.4 Å². The molecule has 1 aliphatic carbocycles. The van der Waals surface area contributed by atoms with Gasteiger partial charge >= 0.3 is 0 Å². The lowest BCUT2D eigenvalue weighted by molar-refractivity contribution is -0.126. The maximum atomic E-state index is 13.7. The van der Waals surface area contributed by atoms with E-state index in [1.54, 1.807) is 48.9 Å². The van der Waals surface area contributed by atoms with Gasteiger partial charge in [-0.25, -0.2) is 0 Å². The number of amides is 3. The van der Waals surface area contributed by atoms with Crippen LogP contribution < -0.4 is 20.3 Å². The predicted octanol–water partition coefficient (Wildman–Crippen LogP) is 4.32. The first kappa shape index (κ1) is 24.5. The van der Waals surface area contributed by atoms with E-state index in [1.807, 2.05) is 30.3 Å². The van der Waals surface area contributed by atoms with Gasteiger partial charge in [-0.3, -0.25) is 19.3 Å². The van der Waals surface area contributed by atoms with E-state index in [-0.39, 0.29) is 24.4 Å². The van der Waals surface area contributed by atoms with Gasteiger partial charge in [0.15, 0.2) is 0 Å². The molecule has 4 rings (SSSR count). The van der Waals surface area contributed by atoms with Crippen LogP contribution >= 0.6 is 11.3 Å². The van der Waals surface area contributed by atoms with Gasteiger partial charge in [0.1, 0.15) is 11.8 Å². The quantitative estimate of drug-likeness (QED) is 0.467. The number of carbonyl (C=O) groups excluding carboxylic acids is 3. The number of ether oxygens (including phenoxy) is 1. The van der Waals surface area contributed by atoms with Crippen molar-refractivity contribution < 1.29 is 19.1 Å². The summed E-state index contributed by atoms with van der Waals surface area (Å²) in [5, 5.41) is 7.65. The second-order valence-corrected chi connectivity index (χ2v) is 9.38. The molecule has 0 unspecified atom stereocenters. The average molecular weight is 492 g/mol. The van der Waals surface area contributed by atoms with E-state index in [2.05, 4.69) is 10.6 Å². The molecule has 2 aromatic carbocycles. The summed E-state index contributed by atoms with van der Waals surface area (Å²) in [4.78, 5) is 41.8. The molecule has 1 heterocycles. The molecule has 7 nitrogen and oxygen atoms in total. The maximum Gasteiger partial charge on any atom is 0.261 e. The molecule has 1 aromatic heterocycles. The highest BCUT2D eigenvalue weighted by Gasteiger charge is 2.34. The molecular weight excluding hydrogens is 462 g/mol. The number of nitrogens with one attached hydrogen (secondary N) is 2. The summed E-state index contributed by atoms with van der Waals surface area (Å²) in [6.45, 7) is -0.256. The molecular formula is C27H29N3O4S. The van der Waals surface area contributed by atoms with Crippen molar-refractivity contribution in [2.45, 2.75) is 37.8 Å². The highest BCUT2D eigenvalue weighted by molar-refractivity contribution is 7.12. The van der Waals surface area contributed by atoms with Crippen molar-refractivity contribution in [3.63, 3.8) is 0 Å². The van der Waals surface area contributed by atoms with Crippen LogP contribution in [0, 0.1) is 0 Å². The topological polar surface area (TPSA) is 87.7 Å². The van der Waals surface area contributed by atoms with Gasteiger partial charge in [0, 0.05) is 17.8 Å². The first-order chi connectivity index (χ1) is 17.1. The van der Waals surface area contributed by atoms with E-state index >= 15 is 0 Å². The van der Waals surface area contributed by atoms with Gasteiger partial charge in [-0.15, -0.1) is 11.3 Å². The SMILES string of the molecule is COc1cccc(N(C(=O)CNC(=O)c2cccs2)[C@H](C(=O)NC2CCCC2)c2ccccc2)c1. The summed E-state index contributed by atoms with van der Waals surface area (Å²) in [6, 6.07) is 18.9. The van der Waals surface area contributed by atoms with E-state index in [0.29, 0.717) is 21.9 Å². The molecule has 182 valence electrons. The third-order valence-corrected chi connectivity index (χ3v) is 6.94. The van der Waals surface area contributed by atoms with E-state index < -0.39 is 11.9 Å². The van der Waals surface area contributed by atoms with E-state index in [0.717, 1.165) is 25.7 Å². The number of hydrogen-bond acceptors (Lipinski definition) is 5. The Balaban J connectivity index is 1.68. The molecule has 3 amide bonds. The summed E-state index contributed by atoms with van der Waals surface area (Å²) in [6.07, 6.45) is 4.01. The predicted molar refractivity (Wildman–Crippen MR) is 137 cm³/mol. The lowest BCUT2D eigenvalue weighted by atomic mass is 10.0. The summed E-state index contributed by atoms with van der Waals surface area (Å²) in [5.74, 6) is -0.418. The summed E-state index contributed by atoms with van der Waals surface area (Å²) >= 11 is 1.30. The Hall–Kier alpha value is -3.65. The lowest BCUT2D eigenvalue weighted by Gasteiger charge is -2.32. The van der Waals surface area contributed by atoms with Crippen LogP contribution in [-0.2, 0) is 9.59 Å². The molecule has 0 radical (unpaired) electrons. The Kier molecular flexibility index (Phi) is 8.15. The molecule has 1 aliphatic rings. The molecule has 1 atom stereocenters. The standard InChI is InChI=1S/C27H29N3O4S/c1-34-22-14-7-13-21(17-22)30(24(31)18-28-26(32)23-15-8-16-35-23)25(19-9-3-2-4-10-19)27(33)29-20-11-5-6-12-20/h2-4,7-10,13-17,20,25H,5-6,11-12,18H2,1H3,(H,28,32)(H,29,33)/t25-/m0/s1. The van der Waals surface area contributed by atoms with Crippen LogP contribution in [0.15, 0.2) is 72.1 Å². The monoisotopic (exact) mass is 491 g/mol. The van der Waals surface area contributed by atoms with Gasteiger partial charge in [0.2, 0.25) is 11.8 Å². The van der Waals surface area contributed by atoms with Crippen molar-refractivity contribution in [3.8, 4) is 5.75 Å². The van der Waals surface area contributed by atoms with Gasteiger partial charge in [-0.1, -0.05) is 55.3 Å². The molecule has 1 fully saturated rings. The van der Waals surface area contributed by atoms with Crippen LogP contribution in [0.25, 0.3) is 0 Å². The zero-order valence-corrected chi connectivity index (χ0v) is 20.4. The van der Waals surface area contributed by atoms with Crippen molar-refractivity contribution in [2.75, 3.05) is 18.6 Å². The lowest BCUT2D eigenvalue weighted by Crippen LogP contribution is -2.49. The smallest absolute Gasteiger partial charge is 0.261 e. The fourth-order valence-electron chi connectivity index (χ4n) is 4.34. The highest BCUT2D eigenvalue weighted by Crippen LogP contribution is 2.31. The van der Waals surface area contributed by atoms with Crippen LogP contribution in [0.4, 0.5) is 5.69 Å². The summed E-state index contributed by atoms with van der Waals surface area (Å²) in [5.41, 5.74) is 1.19. The molecule has 2 N–H and O–H groups in total. The van der Waals surface area contributed by atoms with Crippen molar-refractivity contribution in [1.29, 1.82) is 0 Å².